The van der Waals surface area contributed by atoms with E-state index in [0.29, 0.717) is 24.6 Å². The summed E-state index contributed by atoms with van der Waals surface area (Å²) in [4.78, 5) is 36.2. The molecule has 9 heteroatoms. The van der Waals surface area contributed by atoms with Gasteiger partial charge in [-0.2, -0.15) is 0 Å². The summed E-state index contributed by atoms with van der Waals surface area (Å²) in [6.45, 7) is 10.1. The number of pyridine rings is 1. The maximum absolute atomic E-state index is 12.2. The molecule has 4 aliphatic heterocycles. The highest BCUT2D eigenvalue weighted by Gasteiger charge is 2.47. The normalized spacial score (nSPS) is 26.7. The standard InChI is InChI=1S/C27H35N7O2/c1-4-21(35)18-5-6-20-23(32-18)16(2)7-10-34(20)26-24-19(13-30-26)31-22(14-29-24)33-11-8-27(9-12-33)15-36-17(3)25(27)28/h5-6,14,16-17,25H,4,7-13,15,28H2,1-3H3/t16-,17-,25+/m0/s1. The minimum atomic E-state index is 0.0738. The predicted octanol–water partition coefficient (Wildman–Crippen LogP) is 3.07. The van der Waals surface area contributed by atoms with Crippen molar-refractivity contribution in [1.82, 2.24) is 15.0 Å². The molecule has 0 radical (unpaired) electrons. The Labute approximate surface area is 212 Å². The Morgan fingerprint density at radius 2 is 2.00 bits per heavy atom. The highest BCUT2D eigenvalue weighted by Crippen LogP contribution is 2.42. The van der Waals surface area contributed by atoms with E-state index >= 15 is 0 Å². The number of carbonyl (C=O) groups excluding carboxylic acids is 1. The fourth-order valence-corrected chi connectivity index (χ4v) is 6.15. The largest absolute Gasteiger partial charge is 0.376 e. The van der Waals surface area contributed by atoms with E-state index in [1.807, 2.05) is 25.3 Å². The van der Waals surface area contributed by atoms with Gasteiger partial charge in [-0.3, -0.25) is 9.79 Å². The van der Waals surface area contributed by atoms with Crippen LogP contribution in [0.1, 0.15) is 79.9 Å². The summed E-state index contributed by atoms with van der Waals surface area (Å²) >= 11 is 0. The second-order valence-electron chi connectivity index (χ2n) is 10.8. The Bertz CT molecular complexity index is 1220. The Hall–Kier alpha value is -2.91. The molecular formula is C27H35N7O2. The average Bonchev–Trinajstić information content (AvgIpc) is 3.45. The van der Waals surface area contributed by atoms with Crippen LogP contribution in [0.4, 0.5) is 11.5 Å². The number of piperidine rings is 1. The summed E-state index contributed by atoms with van der Waals surface area (Å²) in [5.74, 6) is 2.14. The van der Waals surface area contributed by atoms with Gasteiger partial charge in [-0.15, -0.1) is 0 Å². The minimum Gasteiger partial charge on any atom is -0.376 e. The molecule has 2 aromatic heterocycles. The van der Waals surface area contributed by atoms with Crippen LogP contribution in [-0.2, 0) is 11.3 Å². The van der Waals surface area contributed by atoms with E-state index in [2.05, 4.69) is 23.6 Å². The first-order valence-electron chi connectivity index (χ1n) is 13.2. The molecule has 6 heterocycles. The summed E-state index contributed by atoms with van der Waals surface area (Å²) < 4.78 is 5.87. The van der Waals surface area contributed by atoms with Gasteiger partial charge in [0.1, 0.15) is 17.2 Å². The molecule has 2 saturated heterocycles. The van der Waals surface area contributed by atoms with Crippen molar-refractivity contribution in [3.8, 4) is 0 Å². The van der Waals surface area contributed by atoms with Crippen molar-refractivity contribution in [3.63, 3.8) is 0 Å². The predicted molar refractivity (Wildman–Crippen MR) is 139 cm³/mol. The fraction of sp³-hybridized carbons (Fsp3) is 0.593. The number of carbonyl (C=O) groups is 1. The molecule has 0 aliphatic carbocycles. The Kier molecular flexibility index (Phi) is 5.80. The second-order valence-corrected chi connectivity index (χ2v) is 10.8. The van der Waals surface area contributed by atoms with Gasteiger partial charge in [0, 0.05) is 43.4 Å². The first-order valence-corrected chi connectivity index (χ1v) is 13.2. The molecule has 2 aromatic rings. The third kappa shape index (κ3) is 3.71. The molecule has 36 heavy (non-hydrogen) atoms. The summed E-state index contributed by atoms with van der Waals surface area (Å²) in [5, 5.41) is 0. The van der Waals surface area contributed by atoms with Crippen LogP contribution in [0.5, 0.6) is 0 Å². The molecular weight excluding hydrogens is 454 g/mol. The van der Waals surface area contributed by atoms with Crippen molar-refractivity contribution in [2.75, 3.05) is 36.0 Å². The number of aliphatic imine (C=N–C) groups is 1. The number of ether oxygens (including phenoxy) is 1. The molecule has 190 valence electrons. The summed E-state index contributed by atoms with van der Waals surface area (Å²) in [6, 6.07) is 3.96. The molecule has 3 atom stereocenters. The second kappa shape index (κ2) is 8.88. The molecule has 0 bridgehead atoms. The molecule has 2 fully saturated rings. The Morgan fingerprint density at radius 3 is 2.72 bits per heavy atom. The molecule has 0 unspecified atom stereocenters. The zero-order valence-electron chi connectivity index (χ0n) is 21.4. The van der Waals surface area contributed by atoms with Crippen molar-refractivity contribution in [3.05, 3.63) is 41.1 Å². The number of Topliss-reactive ketones (excluding diaryl/α,β-unsaturated/α-hetero) is 1. The quantitative estimate of drug-likeness (QED) is 0.655. The van der Waals surface area contributed by atoms with Gasteiger partial charge in [0.25, 0.3) is 0 Å². The number of fused-ring (bicyclic) bond motifs is 2. The SMILES string of the molecule is CCC(=O)c1ccc2c(n1)[C@@H](C)CCN2C1=NCc2nc(N3CCC4(CC3)CO[C@@H](C)[C@H]4N)cnc21. The lowest BCUT2D eigenvalue weighted by Gasteiger charge is -2.41. The van der Waals surface area contributed by atoms with E-state index in [1.54, 1.807) is 0 Å². The van der Waals surface area contributed by atoms with Crippen LogP contribution >= 0.6 is 0 Å². The van der Waals surface area contributed by atoms with E-state index in [9.17, 15) is 4.79 Å². The van der Waals surface area contributed by atoms with Crippen LogP contribution in [0.15, 0.2) is 23.3 Å². The maximum Gasteiger partial charge on any atom is 0.180 e. The van der Waals surface area contributed by atoms with E-state index < -0.39 is 0 Å². The number of rotatable bonds is 3. The van der Waals surface area contributed by atoms with E-state index in [4.69, 9.17) is 30.4 Å². The van der Waals surface area contributed by atoms with Crippen molar-refractivity contribution < 1.29 is 9.53 Å². The van der Waals surface area contributed by atoms with Crippen molar-refractivity contribution in [2.24, 2.45) is 16.1 Å². The zero-order valence-corrected chi connectivity index (χ0v) is 21.4. The maximum atomic E-state index is 12.2. The van der Waals surface area contributed by atoms with Crippen molar-refractivity contribution >= 4 is 23.1 Å². The van der Waals surface area contributed by atoms with Crippen LogP contribution < -0.4 is 15.5 Å². The summed E-state index contributed by atoms with van der Waals surface area (Å²) in [7, 11) is 0. The van der Waals surface area contributed by atoms with Gasteiger partial charge in [0.05, 0.1) is 42.5 Å². The average molecular weight is 490 g/mol. The van der Waals surface area contributed by atoms with Gasteiger partial charge in [0.2, 0.25) is 0 Å². The van der Waals surface area contributed by atoms with Gasteiger partial charge >= 0.3 is 0 Å². The molecule has 0 amide bonds. The molecule has 0 aromatic carbocycles. The number of nitrogens with zero attached hydrogens (tertiary/aromatic N) is 6. The number of hydrogen-bond acceptors (Lipinski definition) is 9. The highest BCUT2D eigenvalue weighted by molar-refractivity contribution is 6.11. The van der Waals surface area contributed by atoms with Gasteiger partial charge in [-0.25, -0.2) is 15.0 Å². The lowest BCUT2D eigenvalue weighted by Crippen LogP contribution is -2.50. The van der Waals surface area contributed by atoms with Crippen LogP contribution in [0.25, 0.3) is 0 Å². The van der Waals surface area contributed by atoms with Crippen LogP contribution in [0, 0.1) is 5.41 Å². The smallest absolute Gasteiger partial charge is 0.180 e. The van der Waals surface area contributed by atoms with Crippen molar-refractivity contribution in [1.29, 1.82) is 0 Å². The molecule has 2 N–H and O–H groups in total. The van der Waals surface area contributed by atoms with Gasteiger partial charge in [0.15, 0.2) is 11.6 Å². The summed E-state index contributed by atoms with van der Waals surface area (Å²) in [5.41, 5.74) is 10.9. The third-order valence-electron chi connectivity index (χ3n) is 8.66. The molecule has 1 spiro atoms. The fourth-order valence-electron chi connectivity index (χ4n) is 6.15. The number of hydrogen-bond donors (Lipinski definition) is 1. The first-order chi connectivity index (χ1) is 17.4. The number of nitrogens with two attached hydrogens (primary N) is 1. The van der Waals surface area contributed by atoms with E-state index in [-0.39, 0.29) is 23.3 Å². The molecule has 4 aliphatic rings. The number of aromatic nitrogens is 3. The van der Waals surface area contributed by atoms with E-state index in [0.717, 1.165) is 79.9 Å². The number of anilines is 2. The monoisotopic (exact) mass is 489 g/mol. The number of ketones is 1. The third-order valence-corrected chi connectivity index (χ3v) is 8.66. The number of amidine groups is 1. The Morgan fingerprint density at radius 1 is 1.19 bits per heavy atom. The van der Waals surface area contributed by atoms with Crippen LogP contribution in [0.2, 0.25) is 0 Å². The molecule has 0 saturated carbocycles. The van der Waals surface area contributed by atoms with Gasteiger partial charge in [-0.05, 0) is 38.3 Å². The topological polar surface area (TPSA) is 110 Å². The van der Waals surface area contributed by atoms with Crippen LogP contribution in [-0.4, -0.2) is 65.0 Å². The van der Waals surface area contributed by atoms with Crippen molar-refractivity contribution in [2.45, 2.75) is 71.1 Å². The first kappa shape index (κ1) is 23.5. The zero-order chi connectivity index (χ0) is 25.0. The van der Waals surface area contributed by atoms with Gasteiger partial charge < -0.3 is 20.3 Å². The van der Waals surface area contributed by atoms with E-state index in [1.165, 1.54) is 0 Å². The highest BCUT2D eigenvalue weighted by atomic mass is 16.5. The van der Waals surface area contributed by atoms with Gasteiger partial charge in [-0.1, -0.05) is 13.8 Å². The lowest BCUT2D eigenvalue weighted by atomic mass is 9.73. The molecule has 9 nitrogen and oxygen atoms in total. The Balaban J connectivity index is 1.21. The molecule has 6 rings (SSSR count). The minimum absolute atomic E-state index is 0.0738. The lowest BCUT2D eigenvalue weighted by molar-refractivity contribution is 0.0973. The summed E-state index contributed by atoms with van der Waals surface area (Å²) in [6.07, 6.45) is 5.45. The van der Waals surface area contributed by atoms with Crippen LogP contribution in [0.3, 0.4) is 0 Å².